The van der Waals surface area contributed by atoms with Crippen molar-refractivity contribution in [1.29, 1.82) is 0 Å². The molecule has 0 spiro atoms. The van der Waals surface area contributed by atoms with Gasteiger partial charge in [-0.15, -0.1) is 0 Å². The summed E-state index contributed by atoms with van der Waals surface area (Å²) < 4.78 is 24.8. The maximum absolute atomic E-state index is 14.3. The summed E-state index contributed by atoms with van der Waals surface area (Å²) in [5, 5.41) is 5.05. The SMILES string of the molecule is CCN(CC)c1cc(F)cc(C(=O)NC[C@@H](NC(=O)OCc2ccccc2)C(=O)OCc2ccccc2)c1. The van der Waals surface area contributed by atoms with Crippen LogP contribution in [0.1, 0.15) is 35.3 Å². The number of carbonyl (C=O) groups is 3. The highest BCUT2D eigenvalue weighted by Gasteiger charge is 2.25. The first-order valence-electron chi connectivity index (χ1n) is 12.4. The summed E-state index contributed by atoms with van der Waals surface area (Å²) in [6.45, 7) is 4.86. The van der Waals surface area contributed by atoms with E-state index in [2.05, 4.69) is 10.6 Å². The van der Waals surface area contributed by atoms with Crippen molar-refractivity contribution in [2.24, 2.45) is 0 Å². The Morgan fingerprint density at radius 2 is 1.42 bits per heavy atom. The molecule has 38 heavy (non-hydrogen) atoms. The molecular weight excluding hydrogens is 489 g/mol. The first-order valence-corrected chi connectivity index (χ1v) is 12.4. The van der Waals surface area contributed by atoms with Gasteiger partial charge in [0.05, 0.1) is 0 Å². The Bertz CT molecular complexity index is 1200. The van der Waals surface area contributed by atoms with Gasteiger partial charge in [0, 0.05) is 30.9 Å². The zero-order valence-electron chi connectivity index (χ0n) is 21.5. The summed E-state index contributed by atoms with van der Waals surface area (Å²) in [5.41, 5.74) is 2.20. The molecule has 3 rings (SSSR count). The molecule has 0 unspecified atom stereocenters. The second-order valence-corrected chi connectivity index (χ2v) is 8.43. The lowest BCUT2D eigenvalue weighted by Crippen LogP contribution is -2.49. The largest absolute Gasteiger partial charge is 0.459 e. The van der Waals surface area contributed by atoms with E-state index in [1.54, 1.807) is 30.3 Å². The number of anilines is 1. The van der Waals surface area contributed by atoms with Gasteiger partial charge in [-0.1, -0.05) is 60.7 Å². The first kappa shape index (κ1) is 28.2. The Hall–Kier alpha value is -4.40. The van der Waals surface area contributed by atoms with Crippen LogP contribution >= 0.6 is 0 Å². The van der Waals surface area contributed by atoms with Gasteiger partial charge in [0.2, 0.25) is 0 Å². The molecule has 2 N–H and O–H groups in total. The number of nitrogens with one attached hydrogen (secondary N) is 2. The number of carbonyl (C=O) groups excluding carboxylic acids is 3. The molecule has 0 fully saturated rings. The second kappa shape index (κ2) is 14.4. The third-order valence-electron chi connectivity index (χ3n) is 5.75. The molecule has 0 bridgehead atoms. The van der Waals surface area contributed by atoms with Crippen molar-refractivity contribution >= 4 is 23.7 Å². The topological polar surface area (TPSA) is 97.0 Å². The Morgan fingerprint density at radius 3 is 2.00 bits per heavy atom. The molecular formula is C29H32FN3O5. The van der Waals surface area contributed by atoms with Gasteiger partial charge >= 0.3 is 12.1 Å². The zero-order chi connectivity index (χ0) is 27.3. The maximum atomic E-state index is 14.3. The Morgan fingerprint density at radius 1 is 0.842 bits per heavy atom. The number of hydrogen-bond acceptors (Lipinski definition) is 6. The third-order valence-corrected chi connectivity index (χ3v) is 5.75. The lowest BCUT2D eigenvalue weighted by molar-refractivity contribution is -0.147. The fourth-order valence-electron chi connectivity index (χ4n) is 3.70. The fraction of sp³-hybridized carbons (Fsp3) is 0.276. The van der Waals surface area contributed by atoms with Crippen molar-refractivity contribution < 1.29 is 28.2 Å². The molecule has 3 aromatic rings. The summed E-state index contributed by atoms with van der Waals surface area (Å²) in [4.78, 5) is 40.1. The van der Waals surface area contributed by atoms with E-state index in [0.717, 1.165) is 17.2 Å². The predicted molar refractivity (Wildman–Crippen MR) is 142 cm³/mol. The van der Waals surface area contributed by atoms with Crippen LogP contribution in [-0.2, 0) is 27.5 Å². The summed E-state index contributed by atoms with van der Waals surface area (Å²) in [6.07, 6.45) is -0.848. The molecule has 0 saturated heterocycles. The third kappa shape index (κ3) is 8.62. The van der Waals surface area contributed by atoms with Crippen LogP contribution in [0.3, 0.4) is 0 Å². The lowest BCUT2D eigenvalue weighted by Gasteiger charge is -2.22. The van der Waals surface area contributed by atoms with E-state index < -0.39 is 29.8 Å². The lowest BCUT2D eigenvalue weighted by atomic mass is 10.1. The van der Waals surface area contributed by atoms with Gasteiger partial charge in [-0.25, -0.2) is 14.0 Å². The van der Waals surface area contributed by atoms with Crippen molar-refractivity contribution in [3.63, 3.8) is 0 Å². The van der Waals surface area contributed by atoms with Crippen molar-refractivity contribution in [3.05, 3.63) is 101 Å². The molecule has 200 valence electrons. The fourth-order valence-corrected chi connectivity index (χ4v) is 3.70. The number of hydrogen-bond donors (Lipinski definition) is 2. The number of benzene rings is 3. The van der Waals surface area contributed by atoms with Gasteiger partial charge in [0.25, 0.3) is 5.91 Å². The monoisotopic (exact) mass is 521 g/mol. The van der Waals surface area contributed by atoms with Crippen molar-refractivity contribution in [1.82, 2.24) is 10.6 Å². The molecule has 0 heterocycles. The van der Waals surface area contributed by atoms with E-state index in [4.69, 9.17) is 9.47 Å². The van der Waals surface area contributed by atoms with Crippen LogP contribution in [0.4, 0.5) is 14.9 Å². The highest BCUT2D eigenvalue weighted by Crippen LogP contribution is 2.18. The molecule has 3 aromatic carbocycles. The summed E-state index contributed by atoms with van der Waals surface area (Å²) in [6, 6.07) is 20.9. The van der Waals surface area contributed by atoms with Gasteiger partial charge < -0.3 is 25.0 Å². The van der Waals surface area contributed by atoms with E-state index in [9.17, 15) is 18.8 Å². The molecule has 0 radical (unpaired) electrons. The Balaban J connectivity index is 1.67. The Labute approximate surface area is 221 Å². The van der Waals surface area contributed by atoms with Crippen LogP contribution in [0, 0.1) is 5.82 Å². The van der Waals surface area contributed by atoms with Gasteiger partial charge in [-0.3, -0.25) is 4.79 Å². The second-order valence-electron chi connectivity index (χ2n) is 8.43. The van der Waals surface area contributed by atoms with E-state index in [-0.39, 0.29) is 25.3 Å². The average Bonchev–Trinajstić information content (AvgIpc) is 2.94. The minimum absolute atomic E-state index is 0.00222. The molecule has 9 heteroatoms. The van der Waals surface area contributed by atoms with E-state index in [1.165, 1.54) is 6.07 Å². The number of ether oxygens (including phenoxy) is 2. The van der Waals surface area contributed by atoms with Gasteiger partial charge in [0.1, 0.15) is 25.1 Å². The van der Waals surface area contributed by atoms with Crippen LogP contribution in [-0.4, -0.2) is 43.6 Å². The zero-order valence-corrected chi connectivity index (χ0v) is 21.5. The van der Waals surface area contributed by atoms with Gasteiger partial charge in [0.15, 0.2) is 0 Å². The molecule has 0 aliphatic heterocycles. The maximum Gasteiger partial charge on any atom is 0.408 e. The van der Waals surface area contributed by atoms with Gasteiger partial charge in [-0.05, 0) is 43.2 Å². The summed E-state index contributed by atoms with van der Waals surface area (Å²) in [5.74, 6) is -1.91. The number of alkyl carbamates (subject to hydrolysis) is 1. The number of halogens is 1. The van der Waals surface area contributed by atoms with E-state index in [0.29, 0.717) is 18.8 Å². The Kier molecular flexibility index (Phi) is 10.7. The van der Waals surface area contributed by atoms with Crippen LogP contribution < -0.4 is 15.5 Å². The number of rotatable bonds is 12. The number of amides is 2. The average molecular weight is 522 g/mol. The molecule has 2 amide bonds. The number of esters is 1. The van der Waals surface area contributed by atoms with Crippen molar-refractivity contribution in [3.8, 4) is 0 Å². The molecule has 1 atom stereocenters. The molecule has 0 saturated carbocycles. The summed E-state index contributed by atoms with van der Waals surface area (Å²) >= 11 is 0. The quantitative estimate of drug-likeness (QED) is 0.342. The van der Waals surface area contributed by atoms with Crippen LogP contribution in [0.5, 0.6) is 0 Å². The minimum atomic E-state index is -1.23. The molecule has 0 aromatic heterocycles. The first-order chi connectivity index (χ1) is 18.4. The predicted octanol–water partition coefficient (Wildman–Crippen LogP) is 4.44. The number of nitrogens with zero attached hydrogens (tertiary/aromatic N) is 1. The molecule has 0 aliphatic carbocycles. The standard InChI is InChI=1S/C29H32FN3O5/c1-3-33(4-2)25-16-23(15-24(30)17-25)27(34)31-18-26(28(35)37-19-21-11-7-5-8-12-21)32-29(36)38-20-22-13-9-6-10-14-22/h5-17,26H,3-4,18-20H2,1-2H3,(H,31,34)(H,32,36)/t26-/m1/s1. The normalized spacial score (nSPS) is 11.2. The highest BCUT2D eigenvalue weighted by molar-refractivity contribution is 5.95. The molecule has 0 aliphatic rings. The van der Waals surface area contributed by atoms with Crippen LogP contribution in [0.25, 0.3) is 0 Å². The highest BCUT2D eigenvalue weighted by atomic mass is 19.1. The van der Waals surface area contributed by atoms with Crippen LogP contribution in [0.2, 0.25) is 0 Å². The van der Waals surface area contributed by atoms with Crippen molar-refractivity contribution in [2.45, 2.75) is 33.1 Å². The summed E-state index contributed by atoms with van der Waals surface area (Å²) in [7, 11) is 0. The van der Waals surface area contributed by atoms with E-state index in [1.807, 2.05) is 55.1 Å². The van der Waals surface area contributed by atoms with Crippen LogP contribution in [0.15, 0.2) is 78.9 Å². The van der Waals surface area contributed by atoms with Gasteiger partial charge in [-0.2, -0.15) is 0 Å². The minimum Gasteiger partial charge on any atom is -0.459 e. The van der Waals surface area contributed by atoms with E-state index >= 15 is 0 Å². The van der Waals surface area contributed by atoms with Crippen molar-refractivity contribution in [2.75, 3.05) is 24.5 Å². The molecule has 8 nitrogen and oxygen atoms in total. The smallest absolute Gasteiger partial charge is 0.408 e.